The summed E-state index contributed by atoms with van der Waals surface area (Å²) in [4.78, 5) is 24.0. The van der Waals surface area contributed by atoms with E-state index in [2.05, 4.69) is 4.79 Å². The molecule has 0 aliphatic rings. The molecule has 1 aromatic carbocycles. The number of sulfone groups is 1. The van der Waals surface area contributed by atoms with Gasteiger partial charge < -0.3 is 10.3 Å². The van der Waals surface area contributed by atoms with Crippen molar-refractivity contribution in [3.8, 4) is 5.75 Å². The molecular weight excluding hydrogens is 272 g/mol. The Bertz CT molecular complexity index is 670. The molecular formula is C11H10N2O5S. The molecule has 19 heavy (non-hydrogen) atoms. The van der Waals surface area contributed by atoms with E-state index in [0.29, 0.717) is 0 Å². The standard InChI is InChI=1S/C11H10N2O5S/c1-7(14)11(13-12)19(16,17)10-5-3-9(4-6-10)18-8(2)15/h3-6H,1-2H3. The van der Waals surface area contributed by atoms with E-state index in [0.717, 1.165) is 19.1 Å². The van der Waals surface area contributed by atoms with Crippen molar-refractivity contribution in [1.82, 2.24) is 0 Å². The predicted molar refractivity (Wildman–Crippen MR) is 64.2 cm³/mol. The first kappa shape index (κ1) is 14.7. The third kappa shape index (κ3) is 3.34. The first-order valence-corrected chi connectivity index (χ1v) is 6.54. The van der Waals surface area contributed by atoms with Gasteiger partial charge in [-0.25, -0.2) is 8.42 Å². The summed E-state index contributed by atoms with van der Waals surface area (Å²) in [7, 11) is -4.19. The van der Waals surface area contributed by atoms with Gasteiger partial charge in [0.25, 0.3) is 15.6 Å². The highest BCUT2D eigenvalue weighted by Gasteiger charge is 2.34. The third-order valence-electron chi connectivity index (χ3n) is 2.04. The maximum atomic E-state index is 11.9. The molecule has 0 saturated heterocycles. The fourth-order valence-corrected chi connectivity index (χ4v) is 2.48. The van der Waals surface area contributed by atoms with Crippen molar-refractivity contribution < 1.29 is 27.5 Å². The highest BCUT2D eigenvalue weighted by atomic mass is 32.2. The van der Waals surface area contributed by atoms with Crippen LogP contribution in [0, 0.1) is 0 Å². The zero-order valence-electron chi connectivity index (χ0n) is 10.2. The maximum Gasteiger partial charge on any atom is 0.451 e. The Labute approximate surface area is 109 Å². The molecule has 0 radical (unpaired) electrons. The van der Waals surface area contributed by atoms with Gasteiger partial charge in [0, 0.05) is 13.8 Å². The topological polar surface area (TPSA) is 114 Å². The number of carbonyl (C=O) groups excluding carboxylic acids is 2. The fraction of sp³-hybridized carbons (Fsp3) is 0.182. The van der Waals surface area contributed by atoms with E-state index >= 15 is 0 Å². The number of hydrogen-bond donors (Lipinski definition) is 0. The first-order chi connectivity index (χ1) is 8.78. The Kier molecular flexibility index (Phi) is 4.31. The average molecular weight is 282 g/mol. The Morgan fingerprint density at radius 3 is 2.05 bits per heavy atom. The van der Waals surface area contributed by atoms with Gasteiger partial charge in [0.05, 0.1) is 4.90 Å². The van der Waals surface area contributed by atoms with Crippen LogP contribution >= 0.6 is 0 Å². The second-order valence-corrected chi connectivity index (χ2v) is 5.39. The Morgan fingerprint density at radius 2 is 1.68 bits per heavy atom. The van der Waals surface area contributed by atoms with Crippen LogP contribution in [0.4, 0.5) is 0 Å². The molecule has 0 amide bonds. The molecule has 0 heterocycles. The van der Waals surface area contributed by atoms with E-state index in [4.69, 9.17) is 10.3 Å². The summed E-state index contributed by atoms with van der Waals surface area (Å²) in [6.45, 7) is 2.18. The van der Waals surface area contributed by atoms with Crippen molar-refractivity contribution in [1.29, 1.82) is 0 Å². The van der Waals surface area contributed by atoms with Crippen LogP contribution in [-0.2, 0) is 19.4 Å². The van der Waals surface area contributed by atoms with Gasteiger partial charge >= 0.3 is 11.0 Å². The van der Waals surface area contributed by atoms with Gasteiger partial charge in [0.2, 0.25) is 0 Å². The summed E-state index contributed by atoms with van der Waals surface area (Å²) in [6, 6.07) is 4.79. The zero-order valence-corrected chi connectivity index (χ0v) is 11.0. The second kappa shape index (κ2) is 5.55. The Hall–Kier alpha value is -2.31. The van der Waals surface area contributed by atoms with Crippen LogP contribution in [0.25, 0.3) is 5.53 Å². The number of nitrogens with zero attached hydrogens (tertiary/aromatic N) is 2. The second-order valence-electron chi connectivity index (χ2n) is 3.53. The van der Waals surface area contributed by atoms with E-state index in [1.54, 1.807) is 0 Å². The van der Waals surface area contributed by atoms with Crippen LogP contribution in [0.5, 0.6) is 5.75 Å². The lowest BCUT2D eigenvalue weighted by Crippen LogP contribution is -2.23. The van der Waals surface area contributed by atoms with E-state index in [1.165, 1.54) is 19.1 Å². The van der Waals surface area contributed by atoms with E-state index in [1.807, 2.05) is 0 Å². The van der Waals surface area contributed by atoms with Crippen molar-refractivity contribution in [2.24, 2.45) is 0 Å². The Balaban J connectivity index is 3.21. The largest absolute Gasteiger partial charge is 0.451 e. The molecule has 0 aromatic heterocycles. The summed E-state index contributed by atoms with van der Waals surface area (Å²) in [6.07, 6.45) is 0. The molecule has 7 nitrogen and oxygen atoms in total. The number of rotatable bonds is 3. The van der Waals surface area contributed by atoms with Crippen molar-refractivity contribution >= 4 is 26.6 Å². The molecule has 0 aliphatic heterocycles. The highest BCUT2D eigenvalue weighted by molar-refractivity contribution is 8.08. The summed E-state index contributed by atoms with van der Waals surface area (Å²) >= 11 is 0. The molecule has 0 N–H and O–H groups in total. The van der Waals surface area contributed by atoms with Crippen LogP contribution in [0.15, 0.2) is 29.2 Å². The van der Waals surface area contributed by atoms with Gasteiger partial charge in [0.1, 0.15) is 5.75 Å². The molecule has 1 aromatic rings. The van der Waals surface area contributed by atoms with Crippen LogP contribution in [0.2, 0.25) is 0 Å². The lowest BCUT2D eigenvalue weighted by atomic mass is 10.3. The number of ether oxygens (including phenoxy) is 1. The molecule has 0 unspecified atom stereocenters. The summed E-state index contributed by atoms with van der Waals surface area (Å²) < 4.78 is 28.6. The fourth-order valence-electron chi connectivity index (χ4n) is 1.28. The summed E-state index contributed by atoms with van der Waals surface area (Å²) in [5.41, 5.74) is 8.59. The molecule has 0 spiro atoms. The van der Waals surface area contributed by atoms with Gasteiger partial charge in [-0.2, -0.15) is 0 Å². The van der Waals surface area contributed by atoms with Crippen molar-refractivity contribution in [3.63, 3.8) is 0 Å². The number of esters is 1. The highest BCUT2D eigenvalue weighted by Crippen LogP contribution is 2.18. The van der Waals surface area contributed by atoms with Crippen molar-refractivity contribution in [3.05, 3.63) is 29.8 Å². The molecule has 0 atom stereocenters. The van der Waals surface area contributed by atoms with E-state index in [-0.39, 0.29) is 10.6 Å². The van der Waals surface area contributed by atoms with Crippen LogP contribution in [0.3, 0.4) is 0 Å². The molecule has 8 heteroatoms. The zero-order chi connectivity index (χ0) is 14.6. The van der Waals surface area contributed by atoms with Gasteiger partial charge in [0.15, 0.2) is 0 Å². The molecule has 0 fully saturated rings. The molecule has 0 saturated carbocycles. The quantitative estimate of drug-likeness (QED) is 0.201. The third-order valence-corrected chi connectivity index (χ3v) is 3.81. The monoisotopic (exact) mass is 282 g/mol. The lowest BCUT2D eigenvalue weighted by Gasteiger charge is -2.02. The normalized spacial score (nSPS) is 10.4. The predicted octanol–water partition coefficient (Wildman–Crippen LogP) is 0.603. The van der Waals surface area contributed by atoms with Gasteiger partial charge in [-0.05, 0) is 24.3 Å². The number of carbonyl (C=O) groups is 2. The maximum absolute atomic E-state index is 11.9. The number of ketones is 1. The summed E-state index contributed by atoms with van der Waals surface area (Å²) in [5.74, 6) is -1.26. The first-order valence-electron chi connectivity index (χ1n) is 5.05. The van der Waals surface area contributed by atoms with Gasteiger partial charge in [-0.1, -0.05) is 0 Å². The van der Waals surface area contributed by atoms with Crippen molar-refractivity contribution in [2.45, 2.75) is 18.7 Å². The number of Topliss-reactive ketones (excluding diaryl/α,β-unsaturated/α-hetero) is 1. The van der Waals surface area contributed by atoms with Gasteiger partial charge in [-0.3, -0.25) is 9.59 Å². The minimum atomic E-state index is -4.19. The van der Waals surface area contributed by atoms with Crippen LogP contribution in [0.1, 0.15) is 13.8 Å². The minimum absolute atomic E-state index is 0.164. The average Bonchev–Trinajstić information content (AvgIpc) is 2.28. The molecule has 0 bridgehead atoms. The SMILES string of the molecule is CC(=O)Oc1ccc(S(=O)(=O)C(=[N+]=[N-])C(C)=O)cc1. The number of hydrogen-bond acceptors (Lipinski definition) is 5. The smallest absolute Gasteiger partial charge is 0.427 e. The molecule has 1 rings (SSSR count). The minimum Gasteiger partial charge on any atom is -0.427 e. The van der Waals surface area contributed by atoms with Crippen LogP contribution < -0.4 is 4.74 Å². The molecule has 0 aliphatic carbocycles. The summed E-state index contributed by atoms with van der Waals surface area (Å²) in [5, 5.41) is -0.951. The van der Waals surface area contributed by atoms with Crippen LogP contribution in [-0.4, -0.2) is 30.0 Å². The lowest BCUT2D eigenvalue weighted by molar-refractivity contribution is -0.131. The van der Waals surface area contributed by atoms with E-state index in [9.17, 15) is 18.0 Å². The Morgan fingerprint density at radius 1 is 1.16 bits per heavy atom. The van der Waals surface area contributed by atoms with Crippen molar-refractivity contribution in [2.75, 3.05) is 0 Å². The molecule has 100 valence electrons. The van der Waals surface area contributed by atoms with E-state index < -0.39 is 26.6 Å². The van der Waals surface area contributed by atoms with Gasteiger partial charge in [-0.15, -0.1) is 4.79 Å². The number of benzene rings is 1.